The van der Waals surface area contributed by atoms with E-state index in [4.69, 9.17) is 16.9 Å². The molecule has 0 fully saturated rings. The molecule has 0 unspecified atom stereocenters. The van der Waals surface area contributed by atoms with Crippen LogP contribution < -0.4 is 15.8 Å². The molecule has 1 aromatic heterocycles. The van der Waals surface area contributed by atoms with Crippen molar-refractivity contribution in [1.29, 1.82) is 0 Å². The number of primary amides is 1. The molecule has 0 atom stereocenters. The van der Waals surface area contributed by atoms with Crippen LogP contribution in [0.1, 0.15) is 35.6 Å². The van der Waals surface area contributed by atoms with Crippen LogP contribution in [0.25, 0.3) is 10.9 Å². The fourth-order valence-electron chi connectivity index (χ4n) is 2.74. The Morgan fingerprint density at radius 3 is 2.70 bits per heavy atom. The smallest absolute Gasteiger partial charge is 0.252 e. The molecule has 3 rings (SSSR count). The third-order valence-electron chi connectivity index (χ3n) is 3.83. The average Bonchev–Trinajstić information content (AvgIpc) is 2.60. The van der Waals surface area contributed by atoms with Gasteiger partial charge in [-0.2, -0.15) is 0 Å². The van der Waals surface area contributed by atoms with Crippen LogP contribution >= 0.6 is 0 Å². The standard InChI is InChI=1S/C21H20N4O2/c1-5-14-7-6-8-15(9-14)25-21-16-10-17(20(22)26)19(27-12(2)3)11-18(16)23-13(4)24-21/h1,6-12H,2-4H3,(H2,22,26)(H,23,24,25). The Bertz CT molecular complexity index is 1070. The van der Waals surface area contributed by atoms with Crippen molar-refractivity contribution >= 4 is 28.3 Å². The van der Waals surface area contributed by atoms with E-state index in [-0.39, 0.29) is 11.7 Å². The lowest BCUT2D eigenvalue weighted by Gasteiger charge is -2.15. The van der Waals surface area contributed by atoms with Crippen molar-refractivity contribution in [1.82, 2.24) is 9.97 Å². The minimum atomic E-state index is -0.576. The van der Waals surface area contributed by atoms with Gasteiger partial charge in [0.1, 0.15) is 17.4 Å². The van der Waals surface area contributed by atoms with Crippen LogP contribution in [0.15, 0.2) is 36.4 Å². The number of amides is 1. The first-order valence-electron chi connectivity index (χ1n) is 8.50. The summed E-state index contributed by atoms with van der Waals surface area (Å²) in [5.74, 6) is 3.58. The van der Waals surface area contributed by atoms with Crippen LogP contribution in [0.4, 0.5) is 11.5 Å². The van der Waals surface area contributed by atoms with Gasteiger partial charge in [-0.15, -0.1) is 6.42 Å². The number of aryl methyl sites for hydroxylation is 1. The molecule has 0 aliphatic heterocycles. The largest absolute Gasteiger partial charge is 0.490 e. The molecule has 1 amide bonds. The zero-order valence-corrected chi connectivity index (χ0v) is 15.4. The molecular formula is C21H20N4O2. The lowest BCUT2D eigenvalue weighted by atomic mass is 10.1. The Morgan fingerprint density at radius 1 is 1.26 bits per heavy atom. The molecule has 0 saturated carbocycles. The highest BCUT2D eigenvalue weighted by atomic mass is 16.5. The first-order valence-corrected chi connectivity index (χ1v) is 8.50. The Labute approximate surface area is 157 Å². The van der Waals surface area contributed by atoms with Gasteiger partial charge in [0.15, 0.2) is 0 Å². The van der Waals surface area contributed by atoms with Crippen molar-refractivity contribution < 1.29 is 9.53 Å². The normalized spacial score (nSPS) is 10.6. The maximum absolute atomic E-state index is 11.9. The number of aromatic nitrogens is 2. The fraction of sp³-hybridized carbons (Fsp3) is 0.190. The number of ether oxygens (including phenoxy) is 1. The van der Waals surface area contributed by atoms with Gasteiger partial charge in [-0.3, -0.25) is 4.79 Å². The Morgan fingerprint density at radius 2 is 2.04 bits per heavy atom. The number of carbonyl (C=O) groups excluding carboxylic acids is 1. The Hall–Kier alpha value is -3.59. The van der Waals surface area contributed by atoms with Gasteiger partial charge in [0.25, 0.3) is 5.91 Å². The number of nitrogens with one attached hydrogen (secondary N) is 1. The van der Waals surface area contributed by atoms with Crippen molar-refractivity contribution in [3.63, 3.8) is 0 Å². The molecule has 1 heterocycles. The van der Waals surface area contributed by atoms with Gasteiger partial charge in [0.05, 0.1) is 17.2 Å². The summed E-state index contributed by atoms with van der Waals surface area (Å²) in [6.07, 6.45) is 5.36. The van der Waals surface area contributed by atoms with Crippen molar-refractivity contribution in [2.75, 3.05) is 5.32 Å². The number of hydrogen-bond donors (Lipinski definition) is 2. The maximum Gasteiger partial charge on any atom is 0.252 e. The first kappa shape index (κ1) is 18.2. The zero-order chi connectivity index (χ0) is 19.6. The van der Waals surface area contributed by atoms with Crippen molar-refractivity contribution in [2.24, 2.45) is 5.73 Å². The summed E-state index contributed by atoms with van der Waals surface area (Å²) < 4.78 is 5.74. The number of fused-ring (bicyclic) bond motifs is 1. The van der Waals surface area contributed by atoms with E-state index in [0.717, 1.165) is 11.3 Å². The number of rotatable bonds is 5. The predicted octanol–water partition coefficient (Wildman–Crippen LogP) is 3.55. The topological polar surface area (TPSA) is 90.1 Å². The molecule has 2 aromatic carbocycles. The summed E-state index contributed by atoms with van der Waals surface area (Å²) in [5, 5.41) is 3.91. The molecule has 136 valence electrons. The van der Waals surface area contributed by atoms with E-state index < -0.39 is 5.91 Å². The highest BCUT2D eigenvalue weighted by molar-refractivity contribution is 6.02. The summed E-state index contributed by atoms with van der Waals surface area (Å²) in [7, 11) is 0. The van der Waals surface area contributed by atoms with Crippen molar-refractivity contribution in [2.45, 2.75) is 26.9 Å². The zero-order valence-electron chi connectivity index (χ0n) is 15.4. The van der Waals surface area contributed by atoms with Gasteiger partial charge in [0.2, 0.25) is 0 Å². The quantitative estimate of drug-likeness (QED) is 0.679. The molecule has 0 bridgehead atoms. The Kier molecular flexibility index (Phi) is 4.95. The van der Waals surface area contributed by atoms with E-state index in [9.17, 15) is 4.79 Å². The van der Waals surface area contributed by atoms with Crippen molar-refractivity contribution in [3.05, 3.63) is 53.3 Å². The summed E-state index contributed by atoms with van der Waals surface area (Å²) in [6, 6.07) is 10.8. The molecule has 27 heavy (non-hydrogen) atoms. The minimum absolute atomic E-state index is 0.104. The van der Waals surface area contributed by atoms with Crippen molar-refractivity contribution in [3.8, 4) is 18.1 Å². The van der Waals surface area contributed by atoms with Crippen LogP contribution in [0.3, 0.4) is 0 Å². The number of benzene rings is 2. The number of nitrogens with two attached hydrogens (primary N) is 1. The second-order valence-electron chi connectivity index (χ2n) is 6.37. The number of anilines is 2. The molecular weight excluding hydrogens is 340 g/mol. The summed E-state index contributed by atoms with van der Waals surface area (Å²) in [4.78, 5) is 20.9. The van der Waals surface area contributed by atoms with Crippen LogP contribution in [-0.4, -0.2) is 22.0 Å². The summed E-state index contributed by atoms with van der Waals surface area (Å²) >= 11 is 0. The number of nitrogens with zero attached hydrogens (tertiary/aromatic N) is 2. The van der Waals surface area contributed by atoms with Crippen LogP contribution in [-0.2, 0) is 0 Å². The highest BCUT2D eigenvalue weighted by Crippen LogP contribution is 2.31. The number of carbonyl (C=O) groups is 1. The summed E-state index contributed by atoms with van der Waals surface area (Å²) in [5.41, 5.74) is 8.02. The van der Waals surface area contributed by atoms with Gasteiger partial charge < -0.3 is 15.8 Å². The third kappa shape index (κ3) is 3.98. The second-order valence-corrected chi connectivity index (χ2v) is 6.37. The van der Waals surface area contributed by atoms with E-state index in [1.807, 2.05) is 38.1 Å². The molecule has 3 N–H and O–H groups in total. The summed E-state index contributed by atoms with van der Waals surface area (Å²) in [6.45, 7) is 5.56. The molecule has 0 aliphatic carbocycles. The molecule has 0 radical (unpaired) electrons. The molecule has 0 spiro atoms. The van der Waals surface area contributed by atoms with E-state index in [0.29, 0.717) is 28.3 Å². The maximum atomic E-state index is 11.9. The van der Waals surface area contributed by atoms with Gasteiger partial charge >= 0.3 is 0 Å². The molecule has 3 aromatic rings. The third-order valence-corrected chi connectivity index (χ3v) is 3.83. The van der Waals surface area contributed by atoms with Gasteiger partial charge in [-0.1, -0.05) is 12.0 Å². The lowest BCUT2D eigenvalue weighted by molar-refractivity contribution is 0.0995. The second kappa shape index (κ2) is 7.34. The van der Waals surface area contributed by atoms with Gasteiger partial charge in [0, 0.05) is 22.7 Å². The van der Waals surface area contributed by atoms with Gasteiger partial charge in [-0.05, 0) is 45.0 Å². The average molecular weight is 360 g/mol. The molecule has 6 nitrogen and oxygen atoms in total. The van der Waals surface area contributed by atoms with Crippen LogP contribution in [0.5, 0.6) is 5.75 Å². The SMILES string of the molecule is C#Cc1cccc(Nc2nc(C)nc3cc(OC(C)C)c(C(N)=O)cc23)c1. The fourth-order valence-corrected chi connectivity index (χ4v) is 2.74. The predicted molar refractivity (Wildman–Crippen MR) is 106 cm³/mol. The monoisotopic (exact) mass is 360 g/mol. The highest BCUT2D eigenvalue weighted by Gasteiger charge is 2.16. The number of terminal acetylenes is 1. The molecule has 6 heteroatoms. The molecule has 0 saturated heterocycles. The minimum Gasteiger partial charge on any atom is -0.490 e. The lowest BCUT2D eigenvalue weighted by Crippen LogP contribution is -2.16. The van der Waals surface area contributed by atoms with E-state index >= 15 is 0 Å². The van der Waals surface area contributed by atoms with E-state index in [1.165, 1.54) is 0 Å². The van der Waals surface area contributed by atoms with Crippen LogP contribution in [0.2, 0.25) is 0 Å². The molecule has 0 aliphatic rings. The Balaban J connectivity index is 2.16. The first-order chi connectivity index (χ1) is 12.9. The number of hydrogen-bond acceptors (Lipinski definition) is 5. The van der Waals surface area contributed by atoms with E-state index in [2.05, 4.69) is 21.2 Å². The van der Waals surface area contributed by atoms with Gasteiger partial charge in [-0.25, -0.2) is 9.97 Å². The van der Waals surface area contributed by atoms with Crippen LogP contribution in [0, 0.1) is 19.3 Å². The van der Waals surface area contributed by atoms with E-state index in [1.54, 1.807) is 19.1 Å².